The average Bonchev–Trinajstić information content (AvgIpc) is 3.21. The molecule has 0 spiro atoms. The third-order valence-corrected chi connectivity index (χ3v) is 6.46. The Hall–Kier alpha value is -2.23. The fourth-order valence-corrected chi connectivity index (χ4v) is 5.04. The fraction of sp³-hybridized carbons (Fsp3) is 0.636. The summed E-state index contributed by atoms with van der Waals surface area (Å²) in [5.74, 6) is -3.03. The van der Waals surface area contributed by atoms with E-state index in [1.807, 2.05) is 4.90 Å². The molecule has 0 aromatic heterocycles. The number of rotatable bonds is 4. The summed E-state index contributed by atoms with van der Waals surface area (Å²) >= 11 is 0. The van der Waals surface area contributed by atoms with Gasteiger partial charge in [0.25, 0.3) is 0 Å². The van der Waals surface area contributed by atoms with Crippen molar-refractivity contribution < 1.29 is 36.6 Å². The Kier molecular flexibility index (Phi) is 7.74. The van der Waals surface area contributed by atoms with Crippen molar-refractivity contribution in [3.63, 3.8) is 0 Å². The molecule has 1 aliphatic carbocycles. The molecule has 2 heterocycles. The number of nitrogens with zero attached hydrogens (tertiary/aromatic N) is 2. The lowest BCUT2D eigenvalue weighted by atomic mass is 9.89. The van der Waals surface area contributed by atoms with Crippen molar-refractivity contribution >= 4 is 11.9 Å². The minimum Gasteiger partial charge on any atom is -0.475 e. The summed E-state index contributed by atoms with van der Waals surface area (Å²) in [4.78, 5) is 25.8. The van der Waals surface area contributed by atoms with Gasteiger partial charge in [0.15, 0.2) is 0 Å². The first-order chi connectivity index (χ1) is 15.0. The summed E-state index contributed by atoms with van der Waals surface area (Å²) in [5, 5.41) is 7.12. The highest BCUT2D eigenvalue weighted by molar-refractivity contribution is 5.80. The molecule has 2 aliphatic heterocycles. The fourth-order valence-electron chi connectivity index (χ4n) is 5.04. The first-order valence-corrected chi connectivity index (χ1v) is 10.8. The van der Waals surface area contributed by atoms with Crippen molar-refractivity contribution in [3.8, 4) is 0 Å². The summed E-state index contributed by atoms with van der Waals surface area (Å²) in [6.07, 6.45) is 3.10. The first-order valence-electron chi connectivity index (χ1n) is 10.8. The van der Waals surface area contributed by atoms with Crippen LogP contribution in [-0.4, -0.2) is 58.1 Å². The van der Waals surface area contributed by atoms with Gasteiger partial charge in [-0.15, -0.1) is 0 Å². The molecule has 0 unspecified atom stereocenters. The molecule has 2 atom stereocenters. The van der Waals surface area contributed by atoms with Crippen LogP contribution < -0.4 is 0 Å². The van der Waals surface area contributed by atoms with Crippen LogP contribution in [0.1, 0.15) is 50.5 Å². The molecule has 3 aliphatic rings. The average molecular weight is 462 g/mol. The highest BCUT2D eigenvalue weighted by Crippen LogP contribution is 2.35. The number of halogens is 5. The van der Waals surface area contributed by atoms with Crippen LogP contribution in [-0.2, 0) is 16.1 Å². The maximum Gasteiger partial charge on any atom is 0.490 e. The number of alkyl halides is 3. The zero-order chi connectivity index (χ0) is 23.5. The maximum atomic E-state index is 13.4. The van der Waals surface area contributed by atoms with Crippen LogP contribution in [0.3, 0.4) is 0 Å². The van der Waals surface area contributed by atoms with E-state index in [0.29, 0.717) is 18.5 Å². The predicted molar refractivity (Wildman–Crippen MR) is 106 cm³/mol. The Morgan fingerprint density at radius 2 is 1.59 bits per heavy atom. The van der Waals surface area contributed by atoms with Crippen LogP contribution in [0.15, 0.2) is 18.2 Å². The van der Waals surface area contributed by atoms with Gasteiger partial charge in [-0.2, -0.15) is 13.2 Å². The minimum atomic E-state index is -5.08. The van der Waals surface area contributed by atoms with Gasteiger partial charge in [-0.1, -0.05) is 19.3 Å². The van der Waals surface area contributed by atoms with E-state index in [4.69, 9.17) is 9.90 Å². The van der Waals surface area contributed by atoms with Gasteiger partial charge in [0, 0.05) is 44.2 Å². The highest BCUT2D eigenvalue weighted by Gasteiger charge is 2.46. The molecule has 4 rings (SSSR count). The van der Waals surface area contributed by atoms with Crippen molar-refractivity contribution in [2.75, 3.05) is 13.1 Å². The van der Waals surface area contributed by atoms with Crippen LogP contribution in [0.25, 0.3) is 0 Å². The van der Waals surface area contributed by atoms with Crippen molar-refractivity contribution in [1.82, 2.24) is 9.80 Å². The maximum absolute atomic E-state index is 13.4. The van der Waals surface area contributed by atoms with E-state index in [1.54, 1.807) is 0 Å². The van der Waals surface area contributed by atoms with E-state index >= 15 is 0 Å². The van der Waals surface area contributed by atoms with Gasteiger partial charge in [0.05, 0.1) is 0 Å². The molecular formula is C22H27F5N2O3. The van der Waals surface area contributed by atoms with Crippen LogP contribution in [0.2, 0.25) is 0 Å². The first kappa shape index (κ1) is 24.4. The van der Waals surface area contributed by atoms with Gasteiger partial charge < -0.3 is 10.0 Å². The number of hydrogen-bond acceptors (Lipinski definition) is 3. The molecule has 1 N–H and O–H groups in total. The standard InChI is InChI=1S/C20H26F2N2O.C2HF3O2/c21-16-8-15(9-17(22)10-16)13-24-18-6-7-23(19(18)11-20(24)25)12-14-4-2-1-3-5-14;3-2(4,5)1(6)7/h8-10,14,18-19H,1-7,11-13H2;(H,6,7)/t18-,19-;/m0./s1. The summed E-state index contributed by atoms with van der Waals surface area (Å²) < 4.78 is 58.6. The molecule has 3 fully saturated rings. The number of carboxylic acids is 1. The second-order valence-electron chi connectivity index (χ2n) is 8.73. The van der Waals surface area contributed by atoms with Gasteiger partial charge in [-0.05, 0) is 42.9 Å². The largest absolute Gasteiger partial charge is 0.490 e. The van der Waals surface area contributed by atoms with Crippen LogP contribution in [0.4, 0.5) is 22.0 Å². The summed E-state index contributed by atoms with van der Waals surface area (Å²) in [5.41, 5.74) is 0.539. The minimum absolute atomic E-state index is 0.119. The number of aliphatic carboxylic acids is 1. The van der Waals surface area contributed by atoms with Crippen molar-refractivity contribution in [2.45, 2.75) is 69.8 Å². The number of amides is 1. The normalized spacial score (nSPS) is 24.3. The van der Waals surface area contributed by atoms with Gasteiger partial charge in [0.2, 0.25) is 5.91 Å². The lowest BCUT2D eigenvalue weighted by Crippen LogP contribution is -2.39. The Bertz CT molecular complexity index is 806. The summed E-state index contributed by atoms with van der Waals surface area (Å²) in [7, 11) is 0. The van der Waals surface area contributed by atoms with E-state index in [0.717, 1.165) is 31.5 Å². The number of fused-ring (bicyclic) bond motifs is 1. The Morgan fingerprint density at radius 3 is 2.16 bits per heavy atom. The smallest absolute Gasteiger partial charge is 0.475 e. The van der Waals surface area contributed by atoms with E-state index in [2.05, 4.69) is 4.90 Å². The van der Waals surface area contributed by atoms with Crippen LogP contribution in [0.5, 0.6) is 0 Å². The molecule has 1 amide bonds. The molecule has 0 radical (unpaired) electrons. The third kappa shape index (κ3) is 6.17. The lowest BCUT2D eigenvalue weighted by Gasteiger charge is -2.30. The molecule has 10 heteroatoms. The number of hydrogen-bond donors (Lipinski definition) is 1. The van der Waals surface area contributed by atoms with Crippen LogP contribution >= 0.6 is 0 Å². The number of benzene rings is 1. The quantitative estimate of drug-likeness (QED) is 0.676. The molecule has 5 nitrogen and oxygen atoms in total. The molecule has 32 heavy (non-hydrogen) atoms. The van der Waals surface area contributed by atoms with E-state index < -0.39 is 23.8 Å². The van der Waals surface area contributed by atoms with Crippen molar-refractivity contribution in [1.29, 1.82) is 0 Å². The van der Waals surface area contributed by atoms with Gasteiger partial charge >= 0.3 is 12.1 Å². The molecule has 1 aromatic rings. The Morgan fingerprint density at radius 1 is 1.00 bits per heavy atom. The second kappa shape index (κ2) is 10.1. The molecule has 1 aromatic carbocycles. The van der Waals surface area contributed by atoms with Crippen LogP contribution in [0, 0.1) is 17.6 Å². The van der Waals surface area contributed by atoms with Gasteiger partial charge in [-0.3, -0.25) is 9.69 Å². The summed E-state index contributed by atoms with van der Waals surface area (Å²) in [6, 6.07) is 4.02. The predicted octanol–water partition coefficient (Wildman–Crippen LogP) is 4.35. The summed E-state index contributed by atoms with van der Waals surface area (Å²) in [6.45, 7) is 2.45. The third-order valence-electron chi connectivity index (χ3n) is 6.46. The SMILES string of the molecule is O=C(O)C(F)(F)F.O=C1C[C@H]2[C@H](CCN2CC2CCCCC2)N1Cc1cc(F)cc(F)c1. The zero-order valence-corrected chi connectivity index (χ0v) is 17.6. The molecule has 178 valence electrons. The number of likely N-dealkylation sites (tertiary alicyclic amines) is 2. The Labute approximate surface area is 183 Å². The zero-order valence-electron chi connectivity index (χ0n) is 17.6. The monoisotopic (exact) mass is 462 g/mol. The van der Waals surface area contributed by atoms with E-state index in [-0.39, 0.29) is 18.0 Å². The molecule has 2 saturated heterocycles. The van der Waals surface area contributed by atoms with E-state index in [1.165, 1.54) is 44.2 Å². The van der Waals surface area contributed by atoms with Gasteiger partial charge in [-0.25, -0.2) is 13.6 Å². The topological polar surface area (TPSA) is 60.9 Å². The lowest BCUT2D eigenvalue weighted by molar-refractivity contribution is -0.192. The van der Waals surface area contributed by atoms with Crippen molar-refractivity contribution in [2.24, 2.45) is 5.92 Å². The molecule has 1 saturated carbocycles. The second-order valence-corrected chi connectivity index (χ2v) is 8.73. The molecule has 0 bridgehead atoms. The number of carboxylic acid groups (broad SMARTS) is 1. The van der Waals surface area contributed by atoms with Crippen molar-refractivity contribution in [3.05, 3.63) is 35.4 Å². The number of carbonyl (C=O) groups excluding carboxylic acids is 1. The van der Waals surface area contributed by atoms with Gasteiger partial charge in [0.1, 0.15) is 11.6 Å². The van der Waals surface area contributed by atoms with E-state index in [9.17, 15) is 26.7 Å². The Balaban J connectivity index is 0.000000360. The molecular weight excluding hydrogens is 435 g/mol. The number of carbonyl (C=O) groups is 2. The highest BCUT2D eigenvalue weighted by atomic mass is 19.4.